The van der Waals surface area contributed by atoms with Gasteiger partial charge in [0.15, 0.2) is 0 Å². The number of aliphatic imine (C=N–C) groups is 1. The Balaban J connectivity index is 0.000000561. The number of hydrogen-bond acceptors (Lipinski definition) is 1. The van der Waals surface area contributed by atoms with Gasteiger partial charge in [0.1, 0.15) is 0 Å². The van der Waals surface area contributed by atoms with Crippen LogP contribution in [0.15, 0.2) is 28.9 Å². The largest absolute Gasteiger partial charge is 0.269 e. The smallest absolute Gasteiger partial charge is 0.0256 e. The Labute approximate surface area is 75.9 Å². The minimum absolute atomic E-state index is 0.490. The average Bonchev–Trinajstić information content (AvgIpc) is 2.05. The third-order valence-corrected chi connectivity index (χ3v) is 1.50. The van der Waals surface area contributed by atoms with Crippen molar-refractivity contribution >= 4 is 6.21 Å². The molecule has 1 aliphatic heterocycles. The zero-order valence-electron chi connectivity index (χ0n) is 8.54. The van der Waals surface area contributed by atoms with E-state index in [1.165, 1.54) is 5.57 Å². The third kappa shape index (κ3) is 4.89. The lowest BCUT2D eigenvalue weighted by atomic mass is 10.1. The first-order chi connectivity index (χ1) is 5.79. The van der Waals surface area contributed by atoms with Crippen LogP contribution in [0.4, 0.5) is 0 Å². The summed E-state index contributed by atoms with van der Waals surface area (Å²) in [4.78, 5) is 4.15. The van der Waals surface area contributed by atoms with Crippen molar-refractivity contribution in [3.63, 3.8) is 0 Å². The fourth-order valence-electron chi connectivity index (χ4n) is 0.877. The lowest BCUT2D eigenvalue weighted by Crippen LogP contribution is -1.91. The van der Waals surface area contributed by atoms with Crippen molar-refractivity contribution in [2.45, 2.75) is 34.1 Å². The Morgan fingerprint density at radius 1 is 1.42 bits per heavy atom. The molecule has 0 bridgehead atoms. The molecule has 0 amide bonds. The van der Waals surface area contributed by atoms with Crippen LogP contribution in [0.2, 0.25) is 0 Å². The molecule has 1 heteroatoms. The van der Waals surface area contributed by atoms with Crippen LogP contribution in [0, 0.1) is 5.92 Å². The minimum Gasteiger partial charge on any atom is -0.269 e. The molecule has 0 spiro atoms. The predicted molar refractivity (Wildman–Crippen MR) is 56.5 cm³/mol. The zero-order valence-corrected chi connectivity index (χ0v) is 8.54. The monoisotopic (exact) mass is 165 g/mol. The van der Waals surface area contributed by atoms with Crippen LogP contribution in [0.3, 0.4) is 0 Å². The van der Waals surface area contributed by atoms with E-state index in [1.807, 2.05) is 26.3 Å². The molecule has 1 rings (SSSR count). The van der Waals surface area contributed by atoms with E-state index in [4.69, 9.17) is 0 Å². The highest BCUT2D eigenvalue weighted by Gasteiger charge is 1.92. The van der Waals surface area contributed by atoms with Crippen LogP contribution in [0.1, 0.15) is 34.1 Å². The van der Waals surface area contributed by atoms with Crippen LogP contribution in [-0.2, 0) is 0 Å². The normalized spacial score (nSPS) is 24.3. The van der Waals surface area contributed by atoms with Gasteiger partial charge in [-0.3, -0.25) is 4.99 Å². The van der Waals surface area contributed by atoms with Gasteiger partial charge in [0, 0.05) is 18.3 Å². The Bertz CT molecular complexity index is 187. The SMILES string of the molecule is CC.CC1=CN=CC(C)/C=C\C1. The first-order valence-corrected chi connectivity index (χ1v) is 4.64. The van der Waals surface area contributed by atoms with Gasteiger partial charge in [-0.15, -0.1) is 0 Å². The highest BCUT2D eigenvalue weighted by atomic mass is 14.7. The summed E-state index contributed by atoms with van der Waals surface area (Å²) >= 11 is 0. The molecule has 1 nitrogen and oxygen atoms in total. The molecule has 0 aliphatic carbocycles. The summed E-state index contributed by atoms with van der Waals surface area (Å²) in [5.74, 6) is 0.490. The Morgan fingerprint density at radius 2 is 2.08 bits per heavy atom. The van der Waals surface area contributed by atoms with E-state index in [-0.39, 0.29) is 0 Å². The van der Waals surface area contributed by atoms with Crippen LogP contribution in [0.25, 0.3) is 0 Å². The summed E-state index contributed by atoms with van der Waals surface area (Å²) in [6.45, 7) is 8.23. The molecule has 0 N–H and O–H groups in total. The first-order valence-electron chi connectivity index (χ1n) is 4.64. The molecule has 1 atom stereocenters. The number of nitrogens with zero attached hydrogens (tertiary/aromatic N) is 1. The van der Waals surface area contributed by atoms with Gasteiger partial charge in [-0.05, 0) is 13.3 Å². The molecular formula is C11H19N. The first kappa shape index (κ1) is 11.2. The summed E-state index contributed by atoms with van der Waals surface area (Å²) in [5, 5.41) is 0. The van der Waals surface area contributed by atoms with Crippen LogP contribution in [-0.4, -0.2) is 6.21 Å². The highest BCUT2D eigenvalue weighted by molar-refractivity contribution is 5.63. The van der Waals surface area contributed by atoms with Crippen molar-refractivity contribution in [3.8, 4) is 0 Å². The molecule has 0 fully saturated rings. The Morgan fingerprint density at radius 3 is 2.75 bits per heavy atom. The zero-order chi connectivity index (χ0) is 9.40. The fraction of sp³-hybridized carbons (Fsp3) is 0.545. The molecule has 68 valence electrons. The highest BCUT2D eigenvalue weighted by Crippen LogP contribution is 2.06. The number of hydrogen-bond donors (Lipinski definition) is 0. The van der Waals surface area contributed by atoms with Crippen molar-refractivity contribution in [2.24, 2.45) is 10.9 Å². The lowest BCUT2D eigenvalue weighted by molar-refractivity contribution is 0.997. The van der Waals surface area contributed by atoms with E-state index in [0.717, 1.165) is 6.42 Å². The van der Waals surface area contributed by atoms with Gasteiger partial charge in [-0.1, -0.05) is 38.5 Å². The maximum atomic E-state index is 4.15. The van der Waals surface area contributed by atoms with E-state index in [1.54, 1.807) is 0 Å². The van der Waals surface area contributed by atoms with Gasteiger partial charge < -0.3 is 0 Å². The van der Waals surface area contributed by atoms with Gasteiger partial charge in [0.2, 0.25) is 0 Å². The predicted octanol–water partition coefficient (Wildman–Crippen LogP) is 3.58. The number of rotatable bonds is 0. The molecule has 0 aromatic heterocycles. The van der Waals surface area contributed by atoms with Crippen molar-refractivity contribution in [1.82, 2.24) is 0 Å². The second kappa shape index (κ2) is 6.84. The summed E-state index contributed by atoms with van der Waals surface area (Å²) in [6.07, 6.45) is 9.31. The molecule has 1 unspecified atom stereocenters. The van der Waals surface area contributed by atoms with Crippen LogP contribution in [0.5, 0.6) is 0 Å². The van der Waals surface area contributed by atoms with Crippen LogP contribution < -0.4 is 0 Å². The topological polar surface area (TPSA) is 12.4 Å². The standard InChI is InChI=1S/C9H13N.C2H6/c1-8-4-3-5-9(2)7-10-6-8;1-2/h3-4,6-8H,5H2,1-2H3;1-2H3/b4-3-,9-7?,10-6?;. The Kier molecular flexibility index (Phi) is 6.35. The summed E-state index contributed by atoms with van der Waals surface area (Å²) in [5.41, 5.74) is 1.32. The second-order valence-corrected chi connectivity index (χ2v) is 2.76. The quantitative estimate of drug-likeness (QED) is 0.486. The fourth-order valence-corrected chi connectivity index (χ4v) is 0.877. The maximum absolute atomic E-state index is 4.15. The van der Waals surface area contributed by atoms with E-state index in [9.17, 15) is 0 Å². The van der Waals surface area contributed by atoms with Gasteiger partial charge in [0.25, 0.3) is 0 Å². The Hall–Kier alpha value is -0.850. The second-order valence-electron chi connectivity index (χ2n) is 2.76. The van der Waals surface area contributed by atoms with Crippen molar-refractivity contribution in [2.75, 3.05) is 0 Å². The molecule has 0 saturated carbocycles. The minimum atomic E-state index is 0.490. The van der Waals surface area contributed by atoms with E-state index >= 15 is 0 Å². The molecule has 0 aromatic carbocycles. The molecule has 12 heavy (non-hydrogen) atoms. The molecule has 0 saturated heterocycles. The molecule has 0 radical (unpaired) electrons. The third-order valence-electron chi connectivity index (χ3n) is 1.50. The van der Waals surface area contributed by atoms with E-state index < -0.39 is 0 Å². The van der Waals surface area contributed by atoms with Crippen molar-refractivity contribution in [1.29, 1.82) is 0 Å². The maximum Gasteiger partial charge on any atom is 0.0256 e. The molecule has 1 heterocycles. The summed E-state index contributed by atoms with van der Waals surface area (Å²) in [7, 11) is 0. The number of allylic oxidation sites excluding steroid dienone is 3. The molecule has 0 aromatic rings. The van der Waals surface area contributed by atoms with Crippen LogP contribution >= 0.6 is 0 Å². The summed E-state index contributed by atoms with van der Waals surface area (Å²) in [6, 6.07) is 0. The van der Waals surface area contributed by atoms with Gasteiger partial charge >= 0.3 is 0 Å². The van der Waals surface area contributed by atoms with Gasteiger partial charge in [-0.2, -0.15) is 0 Å². The van der Waals surface area contributed by atoms with Crippen molar-refractivity contribution < 1.29 is 0 Å². The summed E-state index contributed by atoms with van der Waals surface area (Å²) < 4.78 is 0. The molecule has 1 aliphatic rings. The average molecular weight is 165 g/mol. The lowest BCUT2D eigenvalue weighted by Gasteiger charge is -2.00. The van der Waals surface area contributed by atoms with Crippen molar-refractivity contribution in [3.05, 3.63) is 23.9 Å². The van der Waals surface area contributed by atoms with E-state index in [0.29, 0.717) is 5.92 Å². The van der Waals surface area contributed by atoms with E-state index in [2.05, 4.69) is 31.0 Å². The van der Waals surface area contributed by atoms with Gasteiger partial charge in [-0.25, -0.2) is 0 Å². The van der Waals surface area contributed by atoms with Gasteiger partial charge in [0.05, 0.1) is 0 Å². The molecular weight excluding hydrogens is 146 g/mol.